The van der Waals surface area contributed by atoms with Gasteiger partial charge >= 0.3 is 0 Å². The molecule has 1 fully saturated rings. The van der Waals surface area contributed by atoms with Crippen LogP contribution in [0.25, 0.3) is 0 Å². The first kappa shape index (κ1) is 17.5. The van der Waals surface area contributed by atoms with Gasteiger partial charge in [-0.05, 0) is 24.1 Å². The smallest absolute Gasteiger partial charge is 0.255 e. The number of hydrogen-bond acceptors (Lipinski definition) is 5. The number of carbonyl (C=O) groups excluding carboxylic acids is 2. The summed E-state index contributed by atoms with van der Waals surface area (Å²) in [6, 6.07) is 10.1. The zero-order valence-electron chi connectivity index (χ0n) is 15.4. The van der Waals surface area contributed by atoms with Crippen LogP contribution >= 0.6 is 0 Å². The molecule has 0 atom stereocenters. The van der Waals surface area contributed by atoms with Crippen LogP contribution in [0.3, 0.4) is 0 Å². The van der Waals surface area contributed by atoms with E-state index in [1.54, 1.807) is 12.3 Å². The molecule has 0 aliphatic carbocycles. The third kappa shape index (κ3) is 3.78. The van der Waals surface area contributed by atoms with Crippen molar-refractivity contribution >= 4 is 23.3 Å². The fourth-order valence-electron chi connectivity index (χ4n) is 3.50. The zero-order chi connectivity index (χ0) is 18.8. The maximum atomic E-state index is 12.8. The van der Waals surface area contributed by atoms with Crippen molar-refractivity contribution in [1.29, 1.82) is 0 Å². The second-order valence-electron chi connectivity index (χ2n) is 7.02. The van der Waals surface area contributed by atoms with Crippen LogP contribution in [-0.2, 0) is 11.3 Å². The number of nitrogens with zero attached hydrogens (tertiary/aromatic N) is 3. The van der Waals surface area contributed by atoms with Crippen molar-refractivity contribution in [2.45, 2.75) is 13.5 Å². The molecule has 4 rings (SSSR count). The lowest BCUT2D eigenvalue weighted by Crippen LogP contribution is -2.48. The van der Waals surface area contributed by atoms with Crippen LogP contribution in [0.2, 0.25) is 0 Å². The van der Waals surface area contributed by atoms with Crippen molar-refractivity contribution in [3.05, 3.63) is 53.2 Å². The van der Waals surface area contributed by atoms with E-state index in [0.29, 0.717) is 30.2 Å². The molecule has 7 heteroatoms. The molecule has 140 valence electrons. The molecule has 0 bridgehead atoms. The average molecular weight is 365 g/mol. The molecule has 27 heavy (non-hydrogen) atoms. The van der Waals surface area contributed by atoms with Crippen molar-refractivity contribution < 1.29 is 9.59 Å². The molecule has 1 saturated heterocycles. The average Bonchev–Trinajstić information content (AvgIpc) is 2.69. The van der Waals surface area contributed by atoms with Gasteiger partial charge in [0.2, 0.25) is 5.91 Å². The van der Waals surface area contributed by atoms with E-state index in [0.717, 1.165) is 19.6 Å². The SMILES string of the molecule is Cc1ccccc1CN1CCN(C(=O)c2cnc3c(c2)NC(=O)CN3)CC1. The van der Waals surface area contributed by atoms with E-state index >= 15 is 0 Å². The number of aryl methyl sites for hydroxylation is 1. The van der Waals surface area contributed by atoms with Gasteiger partial charge in [0, 0.05) is 38.9 Å². The predicted octanol–water partition coefficient (Wildman–Crippen LogP) is 1.71. The summed E-state index contributed by atoms with van der Waals surface area (Å²) in [5, 5.41) is 5.69. The highest BCUT2D eigenvalue weighted by molar-refractivity contribution is 6.02. The van der Waals surface area contributed by atoms with Gasteiger partial charge in [0.15, 0.2) is 0 Å². The summed E-state index contributed by atoms with van der Waals surface area (Å²) >= 11 is 0. The molecule has 2 amide bonds. The lowest BCUT2D eigenvalue weighted by atomic mass is 10.1. The molecule has 0 unspecified atom stereocenters. The number of carbonyl (C=O) groups is 2. The van der Waals surface area contributed by atoms with Crippen molar-refractivity contribution in [2.24, 2.45) is 0 Å². The minimum atomic E-state index is -0.126. The minimum Gasteiger partial charge on any atom is -0.359 e. The molecule has 2 aromatic rings. The number of benzene rings is 1. The number of pyridine rings is 1. The fourth-order valence-corrected chi connectivity index (χ4v) is 3.50. The number of anilines is 2. The van der Waals surface area contributed by atoms with Gasteiger partial charge in [-0.3, -0.25) is 14.5 Å². The normalized spacial score (nSPS) is 17.1. The van der Waals surface area contributed by atoms with Gasteiger partial charge in [0.05, 0.1) is 17.8 Å². The summed E-state index contributed by atoms with van der Waals surface area (Å²) in [6.07, 6.45) is 1.57. The minimum absolute atomic E-state index is 0.0411. The number of nitrogens with one attached hydrogen (secondary N) is 2. The number of piperazine rings is 1. The first-order chi connectivity index (χ1) is 13.1. The van der Waals surface area contributed by atoms with Crippen LogP contribution in [0.1, 0.15) is 21.5 Å². The van der Waals surface area contributed by atoms with E-state index in [-0.39, 0.29) is 18.4 Å². The molecule has 2 N–H and O–H groups in total. The molecule has 0 saturated carbocycles. The Balaban J connectivity index is 1.38. The number of rotatable bonds is 3. The highest BCUT2D eigenvalue weighted by Gasteiger charge is 2.24. The Hall–Kier alpha value is -2.93. The van der Waals surface area contributed by atoms with Crippen molar-refractivity contribution in [3.8, 4) is 0 Å². The number of aromatic nitrogens is 1. The van der Waals surface area contributed by atoms with E-state index in [1.807, 2.05) is 4.90 Å². The third-order valence-electron chi connectivity index (χ3n) is 5.14. The monoisotopic (exact) mass is 365 g/mol. The van der Waals surface area contributed by atoms with Crippen molar-refractivity contribution in [3.63, 3.8) is 0 Å². The summed E-state index contributed by atoms with van der Waals surface area (Å²) in [7, 11) is 0. The summed E-state index contributed by atoms with van der Waals surface area (Å²) < 4.78 is 0. The molecule has 7 nitrogen and oxygen atoms in total. The van der Waals surface area contributed by atoms with Gasteiger partial charge in [-0.15, -0.1) is 0 Å². The largest absolute Gasteiger partial charge is 0.359 e. The quantitative estimate of drug-likeness (QED) is 0.866. The number of hydrogen-bond donors (Lipinski definition) is 2. The molecule has 1 aromatic heterocycles. The predicted molar refractivity (Wildman–Crippen MR) is 104 cm³/mol. The van der Waals surface area contributed by atoms with Crippen LogP contribution in [0.15, 0.2) is 36.5 Å². The summed E-state index contributed by atoms with van der Waals surface area (Å²) in [6.45, 7) is 6.31. The van der Waals surface area contributed by atoms with E-state index in [9.17, 15) is 9.59 Å². The first-order valence-corrected chi connectivity index (χ1v) is 9.20. The second-order valence-corrected chi connectivity index (χ2v) is 7.02. The highest BCUT2D eigenvalue weighted by Crippen LogP contribution is 2.24. The van der Waals surface area contributed by atoms with E-state index < -0.39 is 0 Å². The van der Waals surface area contributed by atoms with Crippen molar-refractivity contribution in [1.82, 2.24) is 14.8 Å². The van der Waals surface area contributed by atoms with Crippen LogP contribution in [-0.4, -0.2) is 59.3 Å². The van der Waals surface area contributed by atoms with Gasteiger partial charge in [-0.2, -0.15) is 0 Å². The molecular formula is C20H23N5O2. The van der Waals surface area contributed by atoms with Gasteiger partial charge in [0.1, 0.15) is 5.82 Å². The Morgan fingerprint density at radius 1 is 1.19 bits per heavy atom. The summed E-state index contributed by atoms with van der Waals surface area (Å²) in [5.74, 6) is 0.439. The van der Waals surface area contributed by atoms with Gasteiger partial charge in [-0.1, -0.05) is 24.3 Å². The lowest BCUT2D eigenvalue weighted by Gasteiger charge is -2.35. The van der Waals surface area contributed by atoms with Crippen LogP contribution in [0.4, 0.5) is 11.5 Å². The Morgan fingerprint density at radius 2 is 1.96 bits per heavy atom. The third-order valence-corrected chi connectivity index (χ3v) is 5.14. The molecule has 0 spiro atoms. The Kier molecular flexibility index (Phi) is 4.77. The maximum absolute atomic E-state index is 12.8. The van der Waals surface area contributed by atoms with E-state index in [2.05, 4.69) is 51.7 Å². The molecule has 2 aliphatic rings. The molecule has 1 aromatic carbocycles. The first-order valence-electron chi connectivity index (χ1n) is 9.20. The summed E-state index contributed by atoms with van der Waals surface area (Å²) in [4.78, 5) is 32.8. The van der Waals surface area contributed by atoms with Gasteiger partial charge in [0.25, 0.3) is 5.91 Å². The highest BCUT2D eigenvalue weighted by atomic mass is 16.2. The molecule has 3 heterocycles. The Labute approximate surface area is 158 Å². The lowest BCUT2D eigenvalue weighted by molar-refractivity contribution is -0.114. The van der Waals surface area contributed by atoms with Gasteiger partial charge in [-0.25, -0.2) is 4.98 Å². The molecule has 2 aliphatic heterocycles. The summed E-state index contributed by atoms with van der Waals surface area (Å²) in [5.41, 5.74) is 3.70. The van der Waals surface area contributed by atoms with Crippen LogP contribution in [0, 0.1) is 6.92 Å². The van der Waals surface area contributed by atoms with Crippen molar-refractivity contribution in [2.75, 3.05) is 43.4 Å². The second kappa shape index (κ2) is 7.36. The molecular weight excluding hydrogens is 342 g/mol. The number of fused-ring (bicyclic) bond motifs is 1. The Morgan fingerprint density at radius 3 is 2.74 bits per heavy atom. The maximum Gasteiger partial charge on any atom is 0.255 e. The van der Waals surface area contributed by atoms with E-state index in [1.165, 1.54) is 11.1 Å². The fraction of sp³-hybridized carbons (Fsp3) is 0.350. The van der Waals surface area contributed by atoms with E-state index in [4.69, 9.17) is 0 Å². The molecule has 0 radical (unpaired) electrons. The van der Waals surface area contributed by atoms with Crippen LogP contribution < -0.4 is 10.6 Å². The van der Waals surface area contributed by atoms with Gasteiger partial charge < -0.3 is 15.5 Å². The van der Waals surface area contributed by atoms with Crippen LogP contribution in [0.5, 0.6) is 0 Å². The standard InChI is InChI=1S/C20H23N5O2/c1-14-4-2-3-5-15(14)13-24-6-8-25(9-7-24)20(27)16-10-17-19(21-11-16)22-12-18(26)23-17/h2-5,10-11H,6-9,12-13H2,1H3,(H,21,22)(H,23,26). The Bertz CT molecular complexity index is 874. The zero-order valence-corrected chi connectivity index (χ0v) is 15.4. The topological polar surface area (TPSA) is 77.6 Å². The number of amides is 2.